The fourth-order valence-corrected chi connectivity index (χ4v) is 2.35. The molecule has 23 heavy (non-hydrogen) atoms. The molecule has 3 aromatic rings. The lowest BCUT2D eigenvalue weighted by molar-refractivity contribution is -0.137. The predicted molar refractivity (Wildman–Crippen MR) is 85.7 cm³/mol. The molecular formula is C18H14O5. The average Bonchev–Trinajstić information content (AvgIpc) is 2.54. The first-order chi connectivity index (χ1) is 11.1. The molecule has 1 aromatic heterocycles. The number of hydrogen-bond donors (Lipinski definition) is 1. The van der Waals surface area contributed by atoms with Crippen LogP contribution in [0.5, 0.6) is 5.75 Å². The van der Waals surface area contributed by atoms with Gasteiger partial charge in [-0.3, -0.25) is 4.79 Å². The van der Waals surface area contributed by atoms with Crippen LogP contribution in [0.2, 0.25) is 0 Å². The Hall–Kier alpha value is -3.08. The monoisotopic (exact) mass is 310 g/mol. The number of ether oxygens (including phenoxy) is 1. The summed E-state index contributed by atoms with van der Waals surface area (Å²) >= 11 is 0. The van der Waals surface area contributed by atoms with Gasteiger partial charge in [-0.15, -0.1) is 0 Å². The SMILES string of the molecule is O=C(O)CCOc1ccc2c(-c3ccccc3)cc(=O)oc2c1. The van der Waals surface area contributed by atoms with E-state index >= 15 is 0 Å². The second kappa shape index (κ2) is 6.36. The summed E-state index contributed by atoms with van der Waals surface area (Å²) in [6.45, 7) is 0.0590. The van der Waals surface area contributed by atoms with Crippen molar-refractivity contribution in [2.45, 2.75) is 6.42 Å². The van der Waals surface area contributed by atoms with Gasteiger partial charge >= 0.3 is 11.6 Å². The lowest BCUT2D eigenvalue weighted by Crippen LogP contribution is -2.05. The molecule has 0 radical (unpaired) electrons. The van der Waals surface area contributed by atoms with Crippen LogP contribution in [0.15, 0.2) is 63.8 Å². The van der Waals surface area contributed by atoms with E-state index in [-0.39, 0.29) is 13.0 Å². The fraction of sp³-hybridized carbons (Fsp3) is 0.111. The Kier molecular flexibility index (Phi) is 4.10. The highest BCUT2D eigenvalue weighted by Gasteiger charge is 2.09. The van der Waals surface area contributed by atoms with Crippen molar-refractivity contribution in [2.24, 2.45) is 0 Å². The summed E-state index contributed by atoms with van der Waals surface area (Å²) in [6, 6.07) is 16.2. The van der Waals surface area contributed by atoms with Crippen molar-refractivity contribution >= 4 is 16.9 Å². The van der Waals surface area contributed by atoms with Gasteiger partial charge in [0.15, 0.2) is 0 Å². The fourth-order valence-electron chi connectivity index (χ4n) is 2.35. The van der Waals surface area contributed by atoms with Crippen molar-refractivity contribution in [2.75, 3.05) is 6.61 Å². The van der Waals surface area contributed by atoms with E-state index in [0.717, 1.165) is 16.5 Å². The highest BCUT2D eigenvalue weighted by Crippen LogP contribution is 2.29. The largest absolute Gasteiger partial charge is 0.493 e. The van der Waals surface area contributed by atoms with Crippen molar-refractivity contribution < 1.29 is 19.1 Å². The molecule has 5 nitrogen and oxygen atoms in total. The molecule has 1 N–H and O–H groups in total. The highest BCUT2D eigenvalue weighted by atomic mass is 16.5. The average molecular weight is 310 g/mol. The van der Waals surface area contributed by atoms with E-state index in [9.17, 15) is 9.59 Å². The molecule has 0 aliphatic heterocycles. The van der Waals surface area contributed by atoms with Gasteiger partial charge < -0.3 is 14.3 Å². The third-order valence-electron chi connectivity index (χ3n) is 3.39. The van der Waals surface area contributed by atoms with Gasteiger partial charge in [-0.1, -0.05) is 30.3 Å². The van der Waals surface area contributed by atoms with Crippen molar-refractivity contribution in [3.05, 3.63) is 65.0 Å². The Balaban J connectivity index is 2.00. The van der Waals surface area contributed by atoms with E-state index in [2.05, 4.69) is 0 Å². The van der Waals surface area contributed by atoms with Gasteiger partial charge in [0.2, 0.25) is 0 Å². The summed E-state index contributed by atoms with van der Waals surface area (Å²) < 4.78 is 10.6. The van der Waals surface area contributed by atoms with Crippen LogP contribution in [0.1, 0.15) is 6.42 Å². The summed E-state index contributed by atoms with van der Waals surface area (Å²) in [5, 5.41) is 9.42. The smallest absolute Gasteiger partial charge is 0.336 e. The number of hydrogen-bond acceptors (Lipinski definition) is 4. The molecule has 0 saturated heterocycles. The van der Waals surface area contributed by atoms with Gasteiger partial charge in [0.1, 0.15) is 11.3 Å². The summed E-state index contributed by atoms with van der Waals surface area (Å²) in [4.78, 5) is 22.3. The van der Waals surface area contributed by atoms with Crippen LogP contribution in [0.4, 0.5) is 0 Å². The third kappa shape index (κ3) is 3.40. The Morgan fingerprint density at radius 3 is 2.61 bits per heavy atom. The molecule has 0 spiro atoms. The van der Waals surface area contributed by atoms with E-state index < -0.39 is 11.6 Å². The van der Waals surface area contributed by atoms with Gasteiger partial charge in [0.05, 0.1) is 13.0 Å². The lowest BCUT2D eigenvalue weighted by atomic mass is 10.0. The zero-order valence-electron chi connectivity index (χ0n) is 12.2. The van der Waals surface area contributed by atoms with Crippen molar-refractivity contribution in [1.29, 1.82) is 0 Å². The van der Waals surface area contributed by atoms with Gasteiger partial charge in [-0.05, 0) is 23.3 Å². The van der Waals surface area contributed by atoms with Crippen LogP contribution in [0, 0.1) is 0 Å². The Labute approximate surface area is 131 Å². The van der Waals surface area contributed by atoms with Crippen LogP contribution in [0.3, 0.4) is 0 Å². The van der Waals surface area contributed by atoms with Gasteiger partial charge in [-0.2, -0.15) is 0 Å². The maximum Gasteiger partial charge on any atom is 0.336 e. The van der Waals surface area contributed by atoms with Crippen LogP contribution in [0.25, 0.3) is 22.1 Å². The van der Waals surface area contributed by atoms with Gasteiger partial charge in [0, 0.05) is 17.5 Å². The minimum Gasteiger partial charge on any atom is -0.493 e. The molecule has 0 aliphatic rings. The second-order valence-electron chi connectivity index (χ2n) is 5.00. The minimum atomic E-state index is -0.927. The summed E-state index contributed by atoms with van der Waals surface area (Å²) in [5.74, 6) is -0.462. The Bertz CT molecular complexity index is 896. The van der Waals surface area contributed by atoms with Crippen molar-refractivity contribution in [3.8, 4) is 16.9 Å². The first-order valence-corrected chi connectivity index (χ1v) is 7.11. The number of aliphatic carboxylic acids is 1. The Morgan fingerprint density at radius 2 is 1.87 bits per heavy atom. The van der Waals surface area contributed by atoms with Crippen LogP contribution >= 0.6 is 0 Å². The zero-order valence-corrected chi connectivity index (χ0v) is 12.2. The standard InChI is InChI=1S/C18H14O5/c19-17(20)8-9-22-13-6-7-14-15(12-4-2-1-3-5-12)11-18(21)23-16(14)10-13/h1-7,10-11H,8-9H2,(H,19,20). The summed E-state index contributed by atoms with van der Waals surface area (Å²) in [5.41, 5.74) is 1.67. The molecule has 0 aliphatic carbocycles. The number of carboxylic acids is 1. The van der Waals surface area contributed by atoms with E-state index in [1.165, 1.54) is 6.07 Å². The highest BCUT2D eigenvalue weighted by molar-refractivity contribution is 5.93. The van der Waals surface area contributed by atoms with E-state index in [4.69, 9.17) is 14.3 Å². The number of carboxylic acid groups (broad SMARTS) is 1. The summed E-state index contributed by atoms with van der Waals surface area (Å²) in [7, 11) is 0. The number of benzene rings is 2. The normalized spacial score (nSPS) is 10.6. The quantitative estimate of drug-likeness (QED) is 0.732. The molecule has 0 atom stereocenters. The number of fused-ring (bicyclic) bond motifs is 1. The molecule has 2 aromatic carbocycles. The molecule has 5 heteroatoms. The zero-order chi connectivity index (χ0) is 16.2. The molecule has 0 fully saturated rings. The maximum atomic E-state index is 11.8. The van der Waals surface area contributed by atoms with Crippen LogP contribution in [-0.4, -0.2) is 17.7 Å². The molecule has 0 saturated carbocycles. The van der Waals surface area contributed by atoms with E-state index in [1.54, 1.807) is 18.2 Å². The lowest BCUT2D eigenvalue weighted by Gasteiger charge is -2.08. The predicted octanol–water partition coefficient (Wildman–Crippen LogP) is 3.31. The maximum absolute atomic E-state index is 11.8. The van der Waals surface area contributed by atoms with Crippen LogP contribution in [-0.2, 0) is 4.79 Å². The minimum absolute atomic E-state index is 0.0590. The molecule has 116 valence electrons. The molecule has 0 amide bonds. The van der Waals surface area contributed by atoms with E-state index in [0.29, 0.717) is 11.3 Å². The van der Waals surface area contributed by atoms with Gasteiger partial charge in [-0.25, -0.2) is 4.79 Å². The summed E-state index contributed by atoms with van der Waals surface area (Å²) in [6.07, 6.45) is -0.0912. The first kappa shape index (κ1) is 14.8. The molecule has 1 heterocycles. The first-order valence-electron chi connectivity index (χ1n) is 7.11. The Morgan fingerprint density at radius 1 is 1.09 bits per heavy atom. The van der Waals surface area contributed by atoms with Crippen LogP contribution < -0.4 is 10.4 Å². The van der Waals surface area contributed by atoms with Crippen molar-refractivity contribution in [1.82, 2.24) is 0 Å². The van der Waals surface area contributed by atoms with E-state index in [1.807, 2.05) is 30.3 Å². The third-order valence-corrected chi connectivity index (χ3v) is 3.39. The number of rotatable bonds is 5. The molecular weight excluding hydrogens is 296 g/mol. The second-order valence-corrected chi connectivity index (χ2v) is 5.00. The van der Waals surface area contributed by atoms with Gasteiger partial charge in [0.25, 0.3) is 0 Å². The molecule has 3 rings (SSSR count). The molecule has 0 unspecified atom stereocenters. The number of carbonyl (C=O) groups is 1. The topological polar surface area (TPSA) is 76.7 Å². The van der Waals surface area contributed by atoms with Crippen molar-refractivity contribution in [3.63, 3.8) is 0 Å². The molecule has 0 bridgehead atoms.